The fourth-order valence-electron chi connectivity index (χ4n) is 1.78. The Morgan fingerprint density at radius 1 is 1.24 bits per heavy atom. The second-order valence-corrected chi connectivity index (χ2v) is 4.57. The first-order valence-corrected chi connectivity index (χ1v) is 6.46. The Morgan fingerprint density at radius 3 is 2.62 bits per heavy atom. The van der Waals surface area contributed by atoms with Gasteiger partial charge in [0.25, 0.3) is 5.56 Å². The Balaban J connectivity index is 1.91. The maximum atomic E-state index is 11.8. The first-order valence-electron chi connectivity index (χ1n) is 6.46. The van der Waals surface area contributed by atoms with E-state index in [0.717, 1.165) is 0 Å². The van der Waals surface area contributed by atoms with Crippen molar-refractivity contribution in [3.63, 3.8) is 0 Å². The van der Waals surface area contributed by atoms with E-state index in [-0.39, 0.29) is 29.9 Å². The van der Waals surface area contributed by atoms with Gasteiger partial charge in [-0.3, -0.25) is 14.4 Å². The monoisotopic (exact) mass is 285 g/mol. The molecule has 0 bridgehead atoms. The number of rotatable bonds is 5. The average Bonchev–Trinajstić information content (AvgIpc) is 2.48. The molecule has 1 heterocycles. The van der Waals surface area contributed by atoms with Crippen LogP contribution in [0.3, 0.4) is 0 Å². The third kappa shape index (κ3) is 4.10. The molecule has 0 aliphatic heterocycles. The topological polar surface area (TPSA) is 91.9 Å². The van der Waals surface area contributed by atoms with Crippen molar-refractivity contribution in [3.05, 3.63) is 63.8 Å². The summed E-state index contributed by atoms with van der Waals surface area (Å²) in [5, 5.41) is 2.50. The van der Waals surface area contributed by atoms with E-state index < -0.39 is 5.91 Å². The van der Waals surface area contributed by atoms with Crippen LogP contribution in [0.5, 0.6) is 0 Å². The van der Waals surface area contributed by atoms with Crippen LogP contribution in [0.1, 0.15) is 21.7 Å². The van der Waals surface area contributed by atoms with Crippen molar-refractivity contribution in [3.8, 4) is 0 Å². The number of benzene rings is 1. The predicted octanol–water partition coefficient (Wildman–Crippen LogP) is 0.620. The molecular formula is C15H15N3O3. The molecule has 1 aromatic heterocycles. The second kappa shape index (κ2) is 6.60. The number of aromatic nitrogens is 2. The Bertz CT molecular complexity index is 708. The molecule has 1 amide bonds. The minimum atomic E-state index is -0.393. The normalized spacial score (nSPS) is 10.1. The van der Waals surface area contributed by atoms with Crippen molar-refractivity contribution in [1.29, 1.82) is 0 Å². The van der Waals surface area contributed by atoms with Gasteiger partial charge < -0.3 is 10.3 Å². The summed E-state index contributed by atoms with van der Waals surface area (Å²) in [6, 6.07) is 8.69. The van der Waals surface area contributed by atoms with Gasteiger partial charge in [0.1, 0.15) is 5.82 Å². The Labute approximate surface area is 121 Å². The maximum Gasteiger partial charge on any atom is 0.254 e. The lowest BCUT2D eigenvalue weighted by atomic mass is 10.1. The van der Waals surface area contributed by atoms with Crippen LogP contribution in [0.25, 0.3) is 0 Å². The summed E-state index contributed by atoms with van der Waals surface area (Å²) in [5.74, 6) is -0.0845. The summed E-state index contributed by atoms with van der Waals surface area (Å²) in [6.07, 6.45) is 1.26. The number of carbonyl (C=O) groups excluding carboxylic acids is 2. The molecule has 21 heavy (non-hydrogen) atoms. The van der Waals surface area contributed by atoms with Crippen LogP contribution in [0, 0.1) is 6.92 Å². The van der Waals surface area contributed by atoms with Gasteiger partial charge in [-0.05, 0) is 6.92 Å². The molecule has 1 aromatic carbocycles. The Kier molecular flexibility index (Phi) is 4.61. The fraction of sp³-hybridized carbons (Fsp3) is 0.200. The van der Waals surface area contributed by atoms with Crippen LogP contribution in [-0.2, 0) is 11.2 Å². The molecule has 0 saturated carbocycles. The molecule has 0 unspecified atom stereocenters. The summed E-state index contributed by atoms with van der Waals surface area (Å²) < 4.78 is 0. The van der Waals surface area contributed by atoms with Gasteiger partial charge >= 0.3 is 0 Å². The molecular weight excluding hydrogens is 270 g/mol. The summed E-state index contributed by atoms with van der Waals surface area (Å²) in [6.45, 7) is 1.56. The van der Waals surface area contributed by atoms with Gasteiger partial charge in [-0.2, -0.15) is 0 Å². The minimum absolute atomic E-state index is 0.0972. The molecule has 2 aromatic rings. The highest BCUT2D eigenvalue weighted by molar-refractivity contribution is 5.99. The number of nitrogens with one attached hydrogen (secondary N) is 2. The summed E-state index contributed by atoms with van der Waals surface area (Å²) in [4.78, 5) is 41.6. The number of aromatic amines is 1. The molecule has 0 aliphatic carbocycles. The van der Waals surface area contributed by atoms with Gasteiger partial charge in [-0.15, -0.1) is 0 Å². The van der Waals surface area contributed by atoms with Gasteiger partial charge in [0, 0.05) is 17.3 Å². The molecule has 0 fully saturated rings. The summed E-state index contributed by atoms with van der Waals surface area (Å²) in [7, 11) is 0. The van der Waals surface area contributed by atoms with Crippen LogP contribution >= 0.6 is 0 Å². The third-order valence-electron chi connectivity index (χ3n) is 2.89. The zero-order chi connectivity index (χ0) is 15.2. The summed E-state index contributed by atoms with van der Waals surface area (Å²) >= 11 is 0. The number of Topliss-reactive ketones (excluding diaryl/α,β-unsaturated/α-hetero) is 1. The van der Waals surface area contributed by atoms with E-state index in [1.807, 2.05) is 6.07 Å². The molecule has 0 atom stereocenters. The van der Waals surface area contributed by atoms with E-state index in [4.69, 9.17) is 0 Å². The number of amides is 1. The lowest BCUT2D eigenvalue weighted by Crippen LogP contribution is -2.32. The molecule has 0 saturated heterocycles. The predicted molar refractivity (Wildman–Crippen MR) is 77.1 cm³/mol. The quantitative estimate of drug-likeness (QED) is 0.788. The third-order valence-corrected chi connectivity index (χ3v) is 2.89. The van der Waals surface area contributed by atoms with Gasteiger partial charge in [-0.25, -0.2) is 4.98 Å². The molecule has 2 N–H and O–H groups in total. The molecule has 108 valence electrons. The number of ketones is 1. The van der Waals surface area contributed by atoms with Crippen molar-refractivity contribution >= 4 is 11.7 Å². The van der Waals surface area contributed by atoms with Crippen LogP contribution in [-0.4, -0.2) is 28.2 Å². The Hall–Kier alpha value is -2.76. The smallest absolute Gasteiger partial charge is 0.254 e. The van der Waals surface area contributed by atoms with E-state index in [9.17, 15) is 14.4 Å². The zero-order valence-electron chi connectivity index (χ0n) is 11.6. The molecule has 0 radical (unpaired) electrons. The van der Waals surface area contributed by atoms with Crippen LogP contribution in [0.15, 0.2) is 41.3 Å². The van der Waals surface area contributed by atoms with Crippen LogP contribution in [0.2, 0.25) is 0 Å². The number of hydrogen-bond donors (Lipinski definition) is 2. The van der Waals surface area contributed by atoms with Gasteiger partial charge in [-0.1, -0.05) is 30.3 Å². The minimum Gasteiger partial charge on any atom is -0.348 e. The van der Waals surface area contributed by atoms with Crippen molar-refractivity contribution in [1.82, 2.24) is 15.3 Å². The Morgan fingerprint density at radius 2 is 1.95 bits per heavy atom. The highest BCUT2D eigenvalue weighted by Gasteiger charge is 2.10. The van der Waals surface area contributed by atoms with Gasteiger partial charge in [0.05, 0.1) is 13.0 Å². The van der Waals surface area contributed by atoms with Crippen molar-refractivity contribution in [2.75, 3.05) is 6.54 Å². The summed E-state index contributed by atoms with van der Waals surface area (Å²) in [5.41, 5.74) is 0.463. The highest BCUT2D eigenvalue weighted by atomic mass is 16.2. The largest absolute Gasteiger partial charge is 0.348 e. The van der Waals surface area contributed by atoms with Gasteiger partial charge in [0.15, 0.2) is 5.78 Å². The lowest BCUT2D eigenvalue weighted by molar-refractivity contribution is -0.120. The highest BCUT2D eigenvalue weighted by Crippen LogP contribution is 1.99. The van der Waals surface area contributed by atoms with Crippen LogP contribution in [0.4, 0.5) is 0 Å². The van der Waals surface area contributed by atoms with Crippen molar-refractivity contribution < 1.29 is 9.59 Å². The number of hydrogen-bond acceptors (Lipinski definition) is 4. The molecule has 0 aliphatic rings. The van der Waals surface area contributed by atoms with Crippen molar-refractivity contribution in [2.45, 2.75) is 13.3 Å². The molecule has 2 rings (SSSR count). The van der Waals surface area contributed by atoms with Crippen molar-refractivity contribution in [2.24, 2.45) is 0 Å². The fourth-order valence-corrected chi connectivity index (χ4v) is 1.78. The number of aryl methyl sites for hydroxylation is 1. The van der Waals surface area contributed by atoms with E-state index in [1.54, 1.807) is 31.2 Å². The second-order valence-electron chi connectivity index (χ2n) is 4.57. The molecule has 6 nitrogen and oxygen atoms in total. The van der Waals surface area contributed by atoms with E-state index >= 15 is 0 Å². The first-order chi connectivity index (χ1) is 10.1. The SMILES string of the molecule is Cc1ncc(CC(=O)NCC(=O)c2ccccc2)c(=O)[nH]1. The number of carbonyl (C=O) groups is 2. The first kappa shape index (κ1) is 14.6. The average molecular weight is 285 g/mol. The van der Waals surface area contributed by atoms with Crippen LogP contribution < -0.4 is 10.9 Å². The zero-order valence-corrected chi connectivity index (χ0v) is 11.6. The molecule has 6 heteroatoms. The van der Waals surface area contributed by atoms with E-state index in [2.05, 4.69) is 15.3 Å². The molecule has 0 spiro atoms. The van der Waals surface area contributed by atoms with Gasteiger partial charge in [0.2, 0.25) is 5.91 Å². The number of H-pyrrole nitrogens is 1. The van der Waals surface area contributed by atoms with E-state index in [1.165, 1.54) is 6.20 Å². The lowest BCUT2D eigenvalue weighted by Gasteiger charge is -2.04. The maximum absolute atomic E-state index is 11.8. The number of nitrogens with zero attached hydrogens (tertiary/aromatic N) is 1. The van der Waals surface area contributed by atoms with E-state index in [0.29, 0.717) is 11.4 Å². The standard InChI is InChI=1S/C15H15N3O3/c1-10-16-8-12(15(21)18-10)7-14(20)17-9-13(19)11-5-3-2-4-6-11/h2-6,8H,7,9H2,1H3,(H,17,20)(H,16,18,21).